The van der Waals surface area contributed by atoms with E-state index in [9.17, 15) is 5.11 Å². The minimum atomic E-state index is -0.0544. The summed E-state index contributed by atoms with van der Waals surface area (Å²) in [5.74, 6) is 6.79. The van der Waals surface area contributed by atoms with Crippen LogP contribution < -0.4 is 5.32 Å². The summed E-state index contributed by atoms with van der Waals surface area (Å²) in [6.45, 7) is 22.7. The molecule has 0 bridgehead atoms. The van der Waals surface area contributed by atoms with Gasteiger partial charge in [-0.2, -0.15) is 0 Å². The summed E-state index contributed by atoms with van der Waals surface area (Å²) in [6, 6.07) is 0.714. The third-order valence-corrected chi connectivity index (χ3v) is 12.2. The van der Waals surface area contributed by atoms with E-state index in [0.29, 0.717) is 22.4 Å². The molecule has 1 aliphatic heterocycles. The highest BCUT2D eigenvalue weighted by Gasteiger charge is 2.74. The lowest BCUT2D eigenvalue weighted by molar-refractivity contribution is -0.107. The minimum Gasteiger partial charge on any atom is -0.393 e. The van der Waals surface area contributed by atoms with Gasteiger partial charge in [0.15, 0.2) is 0 Å². The summed E-state index contributed by atoms with van der Waals surface area (Å²) >= 11 is 0. The van der Waals surface area contributed by atoms with Gasteiger partial charge in [-0.05, 0) is 116 Å². The van der Waals surface area contributed by atoms with E-state index in [1.54, 1.807) is 0 Å². The van der Waals surface area contributed by atoms with Gasteiger partial charge in [0.2, 0.25) is 0 Å². The van der Waals surface area contributed by atoms with E-state index < -0.39 is 0 Å². The first-order chi connectivity index (χ1) is 17.2. The summed E-state index contributed by atoms with van der Waals surface area (Å²) < 4.78 is 0. The van der Waals surface area contributed by atoms with Gasteiger partial charge in [0, 0.05) is 11.6 Å². The van der Waals surface area contributed by atoms with Crippen LogP contribution in [-0.2, 0) is 0 Å². The molecule has 0 aromatic carbocycles. The van der Waals surface area contributed by atoms with Gasteiger partial charge in [0.05, 0.1) is 6.10 Å². The Morgan fingerprint density at radius 2 is 1.53 bits per heavy atom. The maximum atomic E-state index is 10.4. The lowest BCUT2D eigenvalue weighted by atomic mass is 9.44. The van der Waals surface area contributed by atoms with Crippen LogP contribution in [0.15, 0.2) is 0 Å². The molecule has 6 fully saturated rings. The highest BCUT2D eigenvalue weighted by molar-refractivity contribution is 5.30. The normalized spacial score (nSPS) is 46.7. The molecule has 1 heterocycles. The van der Waals surface area contributed by atoms with Crippen molar-refractivity contribution in [1.29, 1.82) is 0 Å². The van der Waals surface area contributed by atoms with E-state index in [-0.39, 0.29) is 6.10 Å². The Hall–Kier alpha value is -0.0800. The molecule has 212 valence electrons. The lowest BCUT2D eigenvalue weighted by Crippen LogP contribution is -2.59. The van der Waals surface area contributed by atoms with Crippen molar-refractivity contribution in [2.75, 3.05) is 0 Å². The molecular formula is C34H65NO. The highest BCUT2D eigenvalue weighted by atomic mass is 16.3. The van der Waals surface area contributed by atoms with Crippen LogP contribution in [0.1, 0.15) is 146 Å². The average molecular weight is 504 g/mol. The topological polar surface area (TPSA) is 42.2 Å². The molecule has 6 aliphatic rings. The SMILES string of the molecule is CC.CC.CC(C1CC1)C1CCC2C3CC4NC45CC(O)CCC5(C)C3CCC12C.CCCC(C)C. The fourth-order valence-electron chi connectivity index (χ4n) is 10.3. The fraction of sp³-hybridized carbons (Fsp3) is 1.00. The van der Waals surface area contributed by atoms with Crippen molar-refractivity contribution in [3.8, 4) is 0 Å². The van der Waals surface area contributed by atoms with Gasteiger partial charge in [-0.3, -0.25) is 0 Å². The maximum absolute atomic E-state index is 10.4. The van der Waals surface area contributed by atoms with Crippen LogP contribution in [0.4, 0.5) is 0 Å². The number of aliphatic hydroxyl groups is 1. The van der Waals surface area contributed by atoms with Crippen molar-refractivity contribution >= 4 is 0 Å². The molecule has 1 saturated heterocycles. The Morgan fingerprint density at radius 3 is 2.08 bits per heavy atom. The van der Waals surface area contributed by atoms with Gasteiger partial charge in [-0.15, -0.1) is 0 Å². The quantitative estimate of drug-likeness (QED) is 0.375. The Morgan fingerprint density at radius 1 is 0.861 bits per heavy atom. The first-order valence-corrected chi connectivity index (χ1v) is 16.6. The molecule has 2 N–H and O–H groups in total. The molecule has 0 amide bonds. The number of hydrogen-bond donors (Lipinski definition) is 2. The molecule has 0 aromatic rings. The molecule has 2 heteroatoms. The highest BCUT2D eigenvalue weighted by Crippen LogP contribution is 2.72. The van der Waals surface area contributed by atoms with Gasteiger partial charge >= 0.3 is 0 Å². The van der Waals surface area contributed by atoms with Crippen LogP contribution in [0.2, 0.25) is 0 Å². The molecule has 5 saturated carbocycles. The van der Waals surface area contributed by atoms with Crippen LogP contribution in [0.3, 0.4) is 0 Å². The Balaban J connectivity index is 0.000000316. The van der Waals surface area contributed by atoms with Crippen molar-refractivity contribution in [2.24, 2.45) is 52.3 Å². The number of fused-ring (bicyclic) bond motifs is 4. The van der Waals surface area contributed by atoms with E-state index in [0.717, 1.165) is 54.3 Å². The summed E-state index contributed by atoms with van der Waals surface area (Å²) in [5.41, 5.74) is 1.38. The standard InChI is InChI=1S/C24H39NO.C6H14.2C2H6/c1-14(15-4-5-15)18-6-7-19-17-12-21-24(25-21)13-16(26)8-11-23(24,3)20(17)9-10-22(18,19)2;1-4-5-6(2)3;2*1-2/h14-21,25-26H,4-13H2,1-3H3;6H,4-5H2,1-3H3;2*1-2H3. The molecular weight excluding hydrogens is 438 g/mol. The molecule has 0 radical (unpaired) electrons. The fourth-order valence-corrected chi connectivity index (χ4v) is 10.3. The zero-order valence-corrected chi connectivity index (χ0v) is 26.1. The Kier molecular flexibility index (Phi) is 10.1. The average Bonchev–Trinajstić information content (AvgIpc) is 3.78. The first kappa shape index (κ1) is 30.5. The van der Waals surface area contributed by atoms with Crippen LogP contribution in [-0.4, -0.2) is 22.8 Å². The predicted octanol–water partition coefficient (Wildman–Crippen LogP) is 9.25. The largest absolute Gasteiger partial charge is 0.393 e. The van der Waals surface area contributed by atoms with Gasteiger partial charge in [-0.25, -0.2) is 0 Å². The van der Waals surface area contributed by atoms with Crippen molar-refractivity contribution in [3.63, 3.8) is 0 Å². The molecule has 2 nitrogen and oxygen atoms in total. The molecule has 6 rings (SSSR count). The smallest absolute Gasteiger partial charge is 0.0558 e. The second kappa shape index (κ2) is 12.0. The second-order valence-corrected chi connectivity index (χ2v) is 14.2. The maximum Gasteiger partial charge on any atom is 0.0558 e. The van der Waals surface area contributed by atoms with E-state index in [1.165, 1.54) is 64.2 Å². The summed E-state index contributed by atoms with van der Waals surface area (Å²) in [6.07, 6.45) is 16.4. The number of hydrogen-bond acceptors (Lipinski definition) is 2. The summed E-state index contributed by atoms with van der Waals surface area (Å²) in [7, 11) is 0. The van der Waals surface area contributed by atoms with Gasteiger partial charge in [-0.1, -0.05) is 82.1 Å². The van der Waals surface area contributed by atoms with Crippen molar-refractivity contribution in [1.82, 2.24) is 5.32 Å². The summed E-state index contributed by atoms with van der Waals surface area (Å²) in [4.78, 5) is 0. The van der Waals surface area contributed by atoms with Gasteiger partial charge in [0.1, 0.15) is 0 Å². The number of nitrogens with one attached hydrogen (secondary N) is 1. The first-order valence-electron chi connectivity index (χ1n) is 16.6. The molecule has 0 aromatic heterocycles. The third kappa shape index (κ3) is 5.22. The van der Waals surface area contributed by atoms with Crippen LogP contribution in [0.5, 0.6) is 0 Å². The molecule has 10 atom stereocenters. The second-order valence-electron chi connectivity index (χ2n) is 14.2. The molecule has 1 spiro atoms. The van der Waals surface area contributed by atoms with Gasteiger partial charge < -0.3 is 10.4 Å². The molecule has 5 aliphatic carbocycles. The van der Waals surface area contributed by atoms with Crippen molar-refractivity contribution in [2.45, 2.75) is 164 Å². The number of aliphatic hydroxyl groups excluding tert-OH is 1. The zero-order valence-electron chi connectivity index (χ0n) is 26.1. The third-order valence-electron chi connectivity index (χ3n) is 12.2. The molecule has 36 heavy (non-hydrogen) atoms. The number of rotatable bonds is 4. The summed E-state index contributed by atoms with van der Waals surface area (Å²) in [5, 5.41) is 14.3. The van der Waals surface area contributed by atoms with Crippen LogP contribution >= 0.6 is 0 Å². The minimum absolute atomic E-state index is 0.0544. The van der Waals surface area contributed by atoms with E-state index >= 15 is 0 Å². The van der Waals surface area contributed by atoms with E-state index in [1.807, 2.05) is 27.7 Å². The van der Waals surface area contributed by atoms with Crippen LogP contribution in [0.25, 0.3) is 0 Å². The van der Waals surface area contributed by atoms with E-state index in [2.05, 4.69) is 46.9 Å². The van der Waals surface area contributed by atoms with Crippen molar-refractivity contribution < 1.29 is 5.11 Å². The predicted molar refractivity (Wildman–Crippen MR) is 157 cm³/mol. The Labute approximate surface area is 226 Å². The van der Waals surface area contributed by atoms with E-state index in [4.69, 9.17) is 0 Å². The van der Waals surface area contributed by atoms with Crippen molar-refractivity contribution in [3.05, 3.63) is 0 Å². The van der Waals surface area contributed by atoms with Crippen LogP contribution in [0, 0.1) is 52.3 Å². The Bertz CT molecular complexity index is 687. The molecule has 10 unspecified atom stereocenters. The zero-order chi connectivity index (χ0) is 26.9. The lowest BCUT2D eigenvalue weighted by Gasteiger charge is -2.60. The van der Waals surface area contributed by atoms with Gasteiger partial charge in [0.25, 0.3) is 0 Å². The monoisotopic (exact) mass is 504 g/mol.